The summed E-state index contributed by atoms with van der Waals surface area (Å²) in [4.78, 5) is 21.9. The number of nitrogens with one attached hydrogen (secondary N) is 1. The van der Waals surface area contributed by atoms with Gasteiger partial charge in [0, 0.05) is 28.8 Å². The molecule has 1 unspecified atom stereocenters. The molecule has 0 saturated carbocycles. The summed E-state index contributed by atoms with van der Waals surface area (Å²) in [6.07, 6.45) is -8.24. The molecular formula is C28H20ClF6N5O3. The Morgan fingerprint density at radius 2 is 1.67 bits per heavy atom. The lowest BCUT2D eigenvalue weighted by atomic mass is 10.0. The van der Waals surface area contributed by atoms with E-state index in [9.17, 15) is 31.1 Å². The SMILES string of the molecule is Cc1nn(-c2ccc(C3=NC(c4cccc(Cl)c4)(C(F)(F)F)ON3C)cc2)cc1NC(=O)c1ccc(OC(F)(F)F)cc1. The maximum atomic E-state index is 14.3. The lowest BCUT2D eigenvalue weighted by Gasteiger charge is -2.28. The van der Waals surface area contributed by atoms with Crippen molar-refractivity contribution < 1.29 is 40.7 Å². The van der Waals surface area contributed by atoms with Crippen LogP contribution in [0.1, 0.15) is 27.2 Å². The number of rotatable bonds is 6. The van der Waals surface area contributed by atoms with Crippen LogP contribution in [0.4, 0.5) is 32.0 Å². The molecule has 1 atom stereocenters. The van der Waals surface area contributed by atoms with Gasteiger partial charge in [0.05, 0.1) is 23.3 Å². The minimum atomic E-state index is -4.90. The van der Waals surface area contributed by atoms with Gasteiger partial charge in [-0.05, 0) is 67.6 Å². The first-order chi connectivity index (χ1) is 20.1. The molecule has 0 aliphatic carbocycles. The van der Waals surface area contributed by atoms with Crippen molar-refractivity contribution in [1.29, 1.82) is 0 Å². The molecule has 1 N–H and O–H groups in total. The number of hydrogen-bond donors (Lipinski definition) is 1. The zero-order chi connectivity index (χ0) is 31.2. The van der Waals surface area contributed by atoms with E-state index < -0.39 is 29.9 Å². The number of amides is 1. The van der Waals surface area contributed by atoms with Crippen molar-refractivity contribution >= 4 is 29.0 Å². The summed E-state index contributed by atoms with van der Waals surface area (Å²) in [6.45, 7) is 1.63. The highest BCUT2D eigenvalue weighted by molar-refractivity contribution is 6.30. The molecule has 0 saturated heterocycles. The second kappa shape index (κ2) is 10.9. The molecule has 0 radical (unpaired) electrons. The fourth-order valence-corrected chi connectivity index (χ4v) is 4.49. The van der Waals surface area contributed by atoms with E-state index in [-0.39, 0.29) is 22.0 Å². The maximum Gasteiger partial charge on any atom is 0.573 e. The van der Waals surface area contributed by atoms with Gasteiger partial charge in [0.2, 0.25) is 0 Å². The van der Waals surface area contributed by atoms with Crippen molar-refractivity contribution in [1.82, 2.24) is 14.8 Å². The van der Waals surface area contributed by atoms with Gasteiger partial charge in [0.1, 0.15) is 5.75 Å². The Morgan fingerprint density at radius 3 is 2.28 bits per heavy atom. The molecule has 8 nitrogen and oxygen atoms in total. The number of carbonyl (C=O) groups is 1. The Labute approximate surface area is 245 Å². The predicted molar refractivity (Wildman–Crippen MR) is 144 cm³/mol. The van der Waals surface area contributed by atoms with Gasteiger partial charge in [-0.25, -0.2) is 19.6 Å². The van der Waals surface area contributed by atoms with E-state index in [4.69, 9.17) is 16.4 Å². The predicted octanol–water partition coefficient (Wildman–Crippen LogP) is 7.02. The lowest BCUT2D eigenvalue weighted by Crippen LogP contribution is -2.42. The molecule has 1 aliphatic rings. The van der Waals surface area contributed by atoms with Gasteiger partial charge in [0.15, 0.2) is 5.84 Å². The normalized spacial score (nSPS) is 17.1. The van der Waals surface area contributed by atoms with Gasteiger partial charge in [-0.2, -0.15) is 18.3 Å². The molecule has 0 bridgehead atoms. The molecule has 224 valence electrons. The van der Waals surface area contributed by atoms with E-state index in [1.807, 2.05) is 0 Å². The highest BCUT2D eigenvalue weighted by Gasteiger charge is 2.62. The fraction of sp³-hybridized carbons (Fsp3) is 0.179. The maximum absolute atomic E-state index is 14.3. The molecule has 3 aromatic carbocycles. The standard InChI is InChI=1S/C28H20ClF6N5O3/c1-16-23(36-25(41)18-8-12-22(13-9-18)42-28(33,34)35)15-40(38-16)21-10-6-17(7-11-21)24-37-26(27(30,31)32,43-39(24)2)19-4-3-5-20(29)14-19/h3-15H,1-2H3,(H,36,41). The summed E-state index contributed by atoms with van der Waals surface area (Å²) in [7, 11) is 1.31. The van der Waals surface area contributed by atoms with Gasteiger partial charge in [-0.15, -0.1) is 13.2 Å². The number of nitrogens with zero attached hydrogens (tertiary/aromatic N) is 4. The number of aryl methyl sites for hydroxylation is 1. The van der Waals surface area contributed by atoms with Crippen LogP contribution in [0.3, 0.4) is 0 Å². The first kappa shape index (κ1) is 29.9. The van der Waals surface area contributed by atoms with Gasteiger partial charge in [-0.3, -0.25) is 4.79 Å². The first-order valence-electron chi connectivity index (χ1n) is 12.3. The first-order valence-corrected chi connectivity index (χ1v) is 12.7. The minimum Gasteiger partial charge on any atom is -0.406 e. The Morgan fingerprint density at radius 1 is 1.00 bits per heavy atom. The molecule has 2 heterocycles. The summed E-state index contributed by atoms with van der Waals surface area (Å²) < 4.78 is 85.3. The Hall–Kier alpha value is -4.56. The van der Waals surface area contributed by atoms with Crippen LogP contribution >= 0.6 is 11.6 Å². The number of carbonyl (C=O) groups excluding carboxylic acids is 1. The number of amidine groups is 1. The van der Waals surface area contributed by atoms with Crippen molar-refractivity contribution in [3.8, 4) is 11.4 Å². The zero-order valence-electron chi connectivity index (χ0n) is 22.2. The van der Waals surface area contributed by atoms with Crippen LogP contribution in [0.25, 0.3) is 5.69 Å². The van der Waals surface area contributed by atoms with E-state index in [0.29, 0.717) is 22.6 Å². The van der Waals surface area contributed by atoms with E-state index >= 15 is 0 Å². The summed E-state index contributed by atoms with van der Waals surface area (Å²) in [6, 6.07) is 15.9. The molecular weight excluding hydrogens is 604 g/mol. The topological polar surface area (TPSA) is 81.0 Å². The Balaban J connectivity index is 1.35. The third-order valence-corrected chi connectivity index (χ3v) is 6.55. The highest BCUT2D eigenvalue weighted by atomic mass is 35.5. The molecule has 4 aromatic rings. The quantitative estimate of drug-likeness (QED) is 0.234. The van der Waals surface area contributed by atoms with Crippen LogP contribution in [0, 0.1) is 6.92 Å². The number of aromatic nitrogens is 2. The van der Waals surface area contributed by atoms with E-state index in [2.05, 4.69) is 20.1 Å². The summed E-state index contributed by atoms with van der Waals surface area (Å²) >= 11 is 5.94. The van der Waals surface area contributed by atoms with Gasteiger partial charge in [-0.1, -0.05) is 23.7 Å². The van der Waals surface area contributed by atoms with Crippen molar-refractivity contribution in [3.05, 3.63) is 106 Å². The molecule has 0 fully saturated rings. The van der Waals surface area contributed by atoms with Crippen LogP contribution < -0.4 is 10.1 Å². The second-order valence-corrected chi connectivity index (χ2v) is 9.76. The monoisotopic (exact) mass is 623 g/mol. The number of hydroxylamine groups is 2. The van der Waals surface area contributed by atoms with Crippen molar-refractivity contribution in [3.63, 3.8) is 0 Å². The minimum absolute atomic E-state index is 0.0694. The van der Waals surface area contributed by atoms with E-state index in [0.717, 1.165) is 23.3 Å². The number of hydrogen-bond acceptors (Lipinski definition) is 6. The van der Waals surface area contributed by atoms with Crippen LogP contribution in [-0.2, 0) is 10.6 Å². The molecule has 5 rings (SSSR count). The number of benzene rings is 3. The number of anilines is 1. The van der Waals surface area contributed by atoms with Crippen LogP contribution in [0.2, 0.25) is 5.02 Å². The fourth-order valence-electron chi connectivity index (χ4n) is 4.30. The van der Waals surface area contributed by atoms with Crippen molar-refractivity contribution in [2.75, 3.05) is 12.4 Å². The number of alkyl halides is 6. The third kappa shape index (κ3) is 6.15. The third-order valence-electron chi connectivity index (χ3n) is 6.32. The molecule has 1 aliphatic heterocycles. The van der Waals surface area contributed by atoms with Gasteiger partial charge >= 0.3 is 18.3 Å². The molecule has 1 amide bonds. The largest absolute Gasteiger partial charge is 0.573 e. The van der Waals surface area contributed by atoms with Gasteiger partial charge < -0.3 is 10.1 Å². The average molecular weight is 624 g/mol. The van der Waals surface area contributed by atoms with Crippen LogP contribution in [-0.4, -0.2) is 46.2 Å². The molecule has 1 aromatic heterocycles. The molecule has 43 heavy (non-hydrogen) atoms. The summed E-state index contributed by atoms with van der Waals surface area (Å²) in [5.74, 6) is -1.13. The van der Waals surface area contributed by atoms with E-state index in [1.54, 1.807) is 19.1 Å². The van der Waals surface area contributed by atoms with E-state index in [1.165, 1.54) is 60.4 Å². The van der Waals surface area contributed by atoms with Crippen LogP contribution in [0.5, 0.6) is 5.75 Å². The summed E-state index contributed by atoms with van der Waals surface area (Å²) in [5, 5.41) is 8.04. The van der Waals surface area contributed by atoms with Crippen LogP contribution in [0.15, 0.2) is 84.0 Å². The number of aliphatic imine (C=N–C) groups is 1. The van der Waals surface area contributed by atoms with Crippen molar-refractivity contribution in [2.45, 2.75) is 25.2 Å². The second-order valence-electron chi connectivity index (χ2n) is 9.32. The number of halogens is 7. The van der Waals surface area contributed by atoms with Crippen molar-refractivity contribution in [2.24, 2.45) is 4.99 Å². The molecule has 15 heteroatoms. The zero-order valence-corrected chi connectivity index (χ0v) is 22.9. The number of ether oxygens (including phenoxy) is 1. The lowest BCUT2D eigenvalue weighted by molar-refractivity contribution is -0.320. The smallest absolute Gasteiger partial charge is 0.406 e. The highest BCUT2D eigenvalue weighted by Crippen LogP contribution is 2.47. The average Bonchev–Trinajstić information content (AvgIpc) is 3.48. The summed E-state index contributed by atoms with van der Waals surface area (Å²) in [5.41, 5.74) is -1.58. The Bertz CT molecular complexity index is 1690. The van der Waals surface area contributed by atoms with Gasteiger partial charge in [0.25, 0.3) is 5.91 Å². The molecule has 0 spiro atoms. The Kier molecular flexibility index (Phi) is 7.60.